The van der Waals surface area contributed by atoms with Crippen LogP contribution in [0, 0.1) is 5.92 Å². The van der Waals surface area contributed by atoms with Crippen molar-refractivity contribution in [2.24, 2.45) is 5.92 Å². The largest absolute Gasteiger partial charge is 0.469 e. The molecule has 0 spiro atoms. The van der Waals surface area contributed by atoms with Crippen molar-refractivity contribution in [3.8, 4) is 0 Å². The Labute approximate surface area is 122 Å². The van der Waals surface area contributed by atoms with E-state index >= 15 is 0 Å². The van der Waals surface area contributed by atoms with Crippen molar-refractivity contribution in [1.29, 1.82) is 0 Å². The lowest BCUT2D eigenvalue weighted by atomic mass is 10.1. The molecule has 0 N–H and O–H groups in total. The van der Waals surface area contributed by atoms with E-state index in [1.807, 2.05) is 35.0 Å². The highest BCUT2D eigenvalue weighted by atomic mass is 16.5. The van der Waals surface area contributed by atoms with E-state index in [0.717, 1.165) is 11.3 Å². The number of hydrogen-bond donors (Lipinski definition) is 0. The summed E-state index contributed by atoms with van der Waals surface area (Å²) < 4.78 is 6.72. The Kier molecular flexibility index (Phi) is 3.60. The fourth-order valence-corrected chi connectivity index (χ4v) is 2.73. The Morgan fingerprint density at radius 2 is 2.33 bits per heavy atom. The SMILES string of the molecule is COC(=O)C1CC(=O)N(CCc2cnc3ccccn23)C1. The molecule has 3 rings (SSSR count). The number of imidazole rings is 1. The molecule has 6 heteroatoms. The smallest absolute Gasteiger partial charge is 0.310 e. The van der Waals surface area contributed by atoms with Crippen molar-refractivity contribution in [2.45, 2.75) is 12.8 Å². The number of hydrogen-bond acceptors (Lipinski definition) is 4. The third kappa shape index (κ3) is 2.61. The van der Waals surface area contributed by atoms with E-state index in [2.05, 4.69) is 4.98 Å². The summed E-state index contributed by atoms with van der Waals surface area (Å²) in [4.78, 5) is 29.5. The number of fused-ring (bicyclic) bond motifs is 1. The summed E-state index contributed by atoms with van der Waals surface area (Å²) in [6.45, 7) is 1.04. The molecule has 21 heavy (non-hydrogen) atoms. The van der Waals surface area contributed by atoms with E-state index in [0.29, 0.717) is 19.5 Å². The summed E-state index contributed by atoms with van der Waals surface area (Å²) in [7, 11) is 1.36. The maximum Gasteiger partial charge on any atom is 0.310 e. The molecular formula is C15H17N3O3. The van der Waals surface area contributed by atoms with Gasteiger partial charge < -0.3 is 14.0 Å². The van der Waals surface area contributed by atoms with Crippen LogP contribution in [0.1, 0.15) is 12.1 Å². The number of likely N-dealkylation sites (tertiary alicyclic amines) is 1. The van der Waals surface area contributed by atoms with Gasteiger partial charge in [0.05, 0.1) is 13.0 Å². The van der Waals surface area contributed by atoms with E-state index < -0.39 is 0 Å². The number of pyridine rings is 1. The predicted molar refractivity (Wildman–Crippen MR) is 75.6 cm³/mol. The molecular weight excluding hydrogens is 270 g/mol. The van der Waals surface area contributed by atoms with Gasteiger partial charge in [0, 0.05) is 44.0 Å². The average Bonchev–Trinajstić information content (AvgIpc) is 3.08. The van der Waals surface area contributed by atoms with Crippen LogP contribution in [0.2, 0.25) is 0 Å². The minimum atomic E-state index is -0.329. The second kappa shape index (κ2) is 5.55. The minimum absolute atomic E-state index is 0.0132. The van der Waals surface area contributed by atoms with Gasteiger partial charge in [-0.2, -0.15) is 0 Å². The summed E-state index contributed by atoms with van der Waals surface area (Å²) in [5, 5.41) is 0. The Bertz CT molecular complexity index is 680. The molecule has 6 nitrogen and oxygen atoms in total. The fourth-order valence-electron chi connectivity index (χ4n) is 2.73. The van der Waals surface area contributed by atoms with Crippen molar-refractivity contribution < 1.29 is 14.3 Å². The van der Waals surface area contributed by atoms with Gasteiger partial charge in [0.25, 0.3) is 0 Å². The number of esters is 1. The number of carbonyl (C=O) groups excluding carboxylic acids is 2. The third-order valence-corrected chi connectivity index (χ3v) is 3.88. The van der Waals surface area contributed by atoms with Crippen LogP contribution in [0.3, 0.4) is 0 Å². The molecule has 1 fully saturated rings. The first-order valence-corrected chi connectivity index (χ1v) is 6.95. The minimum Gasteiger partial charge on any atom is -0.469 e. The number of aromatic nitrogens is 2. The monoisotopic (exact) mass is 287 g/mol. The molecule has 1 saturated heterocycles. The van der Waals surface area contributed by atoms with E-state index in [1.54, 1.807) is 4.90 Å². The summed E-state index contributed by atoms with van der Waals surface area (Å²) in [6.07, 6.45) is 4.75. The molecule has 2 aromatic rings. The second-order valence-corrected chi connectivity index (χ2v) is 5.19. The Morgan fingerprint density at radius 1 is 1.48 bits per heavy atom. The normalized spacial score (nSPS) is 18.4. The van der Waals surface area contributed by atoms with Crippen LogP contribution in [-0.2, 0) is 20.7 Å². The number of methoxy groups -OCH3 is 1. The third-order valence-electron chi connectivity index (χ3n) is 3.88. The first-order chi connectivity index (χ1) is 10.2. The summed E-state index contributed by atoms with van der Waals surface area (Å²) in [5.41, 5.74) is 1.95. The van der Waals surface area contributed by atoms with Crippen LogP contribution < -0.4 is 0 Å². The zero-order valence-electron chi connectivity index (χ0n) is 11.9. The van der Waals surface area contributed by atoms with Crippen LogP contribution in [0.25, 0.3) is 5.65 Å². The highest BCUT2D eigenvalue weighted by Gasteiger charge is 2.34. The van der Waals surface area contributed by atoms with E-state index in [4.69, 9.17) is 4.74 Å². The van der Waals surface area contributed by atoms with Gasteiger partial charge in [-0.15, -0.1) is 0 Å². The summed E-state index contributed by atoms with van der Waals surface area (Å²) in [5.74, 6) is -0.621. The Hall–Kier alpha value is -2.37. The fraction of sp³-hybridized carbons (Fsp3) is 0.400. The van der Waals surface area contributed by atoms with Crippen molar-refractivity contribution in [1.82, 2.24) is 14.3 Å². The molecule has 0 aliphatic carbocycles. The number of rotatable bonds is 4. The molecule has 2 aromatic heterocycles. The second-order valence-electron chi connectivity index (χ2n) is 5.19. The lowest BCUT2D eigenvalue weighted by Gasteiger charge is -2.15. The van der Waals surface area contributed by atoms with Crippen molar-refractivity contribution >= 4 is 17.5 Å². The standard InChI is InChI=1S/C15H17N3O3/c1-21-15(20)11-8-14(19)17(10-11)7-5-12-9-16-13-4-2-3-6-18(12)13/h2-4,6,9,11H,5,7-8,10H2,1H3. The zero-order chi connectivity index (χ0) is 14.8. The maximum absolute atomic E-state index is 11.9. The van der Waals surface area contributed by atoms with Crippen molar-refractivity contribution in [3.63, 3.8) is 0 Å². The Morgan fingerprint density at radius 3 is 3.14 bits per heavy atom. The van der Waals surface area contributed by atoms with Crippen molar-refractivity contribution in [3.05, 3.63) is 36.3 Å². The van der Waals surface area contributed by atoms with Gasteiger partial charge >= 0.3 is 5.97 Å². The molecule has 3 heterocycles. The first kappa shape index (κ1) is 13.6. The molecule has 110 valence electrons. The first-order valence-electron chi connectivity index (χ1n) is 6.95. The lowest BCUT2D eigenvalue weighted by Crippen LogP contribution is -2.29. The molecule has 1 atom stereocenters. The lowest BCUT2D eigenvalue weighted by molar-refractivity contribution is -0.145. The predicted octanol–water partition coefficient (Wildman–Crippen LogP) is 0.898. The summed E-state index contributed by atoms with van der Waals surface area (Å²) in [6, 6.07) is 5.83. The zero-order valence-corrected chi connectivity index (χ0v) is 11.9. The van der Waals surface area contributed by atoms with Gasteiger partial charge in [-0.25, -0.2) is 4.98 Å². The molecule has 0 radical (unpaired) electrons. The Balaban J connectivity index is 1.65. The van der Waals surface area contributed by atoms with E-state index in [-0.39, 0.29) is 24.2 Å². The topological polar surface area (TPSA) is 63.9 Å². The summed E-state index contributed by atoms with van der Waals surface area (Å²) >= 11 is 0. The van der Waals surface area contributed by atoms with Crippen LogP contribution in [-0.4, -0.2) is 46.4 Å². The number of ether oxygens (including phenoxy) is 1. The van der Waals surface area contributed by atoms with Gasteiger partial charge in [0.2, 0.25) is 5.91 Å². The highest BCUT2D eigenvalue weighted by Crippen LogP contribution is 2.19. The number of amides is 1. The molecule has 0 saturated carbocycles. The molecule has 1 aliphatic rings. The van der Waals surface area contributed by atoms with Crippen LogP contribution in [0.4, 0.5) is 0 Å². The van der Waals surface area contributed by atoms with E-state index in [1.165, 1.54) is 7.11 Å². The van der Waals surface area contributed by atoms with Gasteiger partial charge in [-0.3, -0.25) is 9.59 Å². The van der Waals surface area contributed by atoms with Crippen LogP contribution >= 0.6 is 0 Å². The van der Waals surface area contributed by atoms with Gasteiger partial charge in [-0.05, 0) is 12.1 Å². The highest BCUT2D eigenvalue weighted by molar-refractivity contribution is 5.86. The van der Waals surface area contributed by atoms with Gasteiger partial charge in [0.15, 0.2) is 0 Å². The van der Waals surface area contributed by atoms with Gasteiger partial charge in [-0.1, -0.05) is 6.07 Å². The molecule has 0 aromatic carbocycles. The molecule has 1 unspecified atom stereocenters. The van der Waals surface area contributed by atoms with Crippen LogP contribution in [0.5, 0.6) is 0 Å². The van der Waals surface area contributed by atoms with Crippen LogP contribution in [0.15, 0.2) is 30.6 Å². The van der Waals surface area contributed by atoms with E-state index in [9.17, 15) is 9.59 Å². The molecule has 0 bridgehead atoms. The molecule has 1 aliphatic heterocycles. The average molecular weight is 287 g/mol. The molecule has 1 amide bonds. The van der Waals surface area contributed by atoms with Gasteiger partial charge in [0.1, 0.15) is 5.65 Å². The number of carbonyl (C=O) groups is 2. The van der Waals surface area contributed by atoms with Crippen molar-refractivity contribution in [2.75, 3.05) is 20.2 Å². The maximum atomic E-state index is 11.9. The quantitative estimate of drug-likeness (QED) is 0.784. The number of nitrogens with zero attached hydrogens (tertiary/aromatic N) is 3.